The van der Waals surface area contributed by atoms with Crippen molar-refractivity contribution < 1.29 is 26.2 Å². The van der Waals surface area contributed by atoms with Crippen LogP contribution in [-0.2, 0) is 19.8 Å². The molecule has 0 spiro atoms. The first-order valence-electron chi connectivity index (χ1n) is 2.05. The largest absolute Gasteiger partial charge is 0.466 e. The normalized spacial score (nSPS) is 14.3. The van der Waals surface area contributed by atoms with E-state index in [0.717, 1.165) is 7.11 Å². The molecule has 0 saturated carbocycles. The van der Waals surface area contributed by atoms with E-state index in [1.165, 1.54) is 0 Å². The lowest BCUT2D eigenvalue weighted by Crippen LogP contribution is -2.23. The molecule has 0 aromatic rings. The molecule has 4 nitrogen and oxygen atoms in total. The van der Waals surface area contributed by atoms with Gasteiger partial charge < -0.3 is 4.74 Å². The van der Waals surface area contributed by atoms with Crippen molar-refractivity contribution in [3.8, 4) is 0 Å². The molecule has 0 rings (SSSR count). The van der Waals surface area contributed by atoms with Gasteiger partial charge in [0.05, 0.1) is 7.11 Å². The Labute approximate surface area is 56.0 Å². The minimum Gasteiger partial charge on any atom is -0.466 e. The van der Waals surface area contributed by atoms with Gasteiger partial charge >= 0.3 is 21.7 Å². The number of carbonyl (C=O) groups excluding carboxylic acids is 1. The summed E-state index contributed by atoms with van der Waals surface area (Å²) >= 11 is 0. The molecule has 0 aliphatic heterocycles. The van der Waals surface area contributed by atoms with Crippen LogP contribution in [-0.4, -0.2) is 27.0 Å². The summed E-state index contributed by atoms with van der Waals surface area (Å²) in [4.78, 5) is 9.94. The topological polar surface area (TPSA) is 60.4 Å². The summed E-state index contributed by atoms with van der Waals surface area (Å²) in [6.45, 7) is 0. The molecule has 0 radical (unpaired) electrons. The lowest BCUT2D eigenvalue weighted by atomic mass is 10.8. The second-order valence-electron chi connectivity index (χ2n) is 1.31. The molecule has 0 fully saturated rings. The quantitative estimate of drug-likeness (QED) is 0.428. The van der Waals surface area contributed by atoms with E-state index < -0.39 is 21.7 Å². The second-order valence-corrected chi connectivity index (χ2v) is 2.68. The van der Waals surface area contributed by atoms with Crippen LogP contribution in [0, 0.1) is 0 Å². The second kappa shape index (κ2) is 2.91. The Morgan fingerprint density at radius 1 is 1.60 bits per heavy atom. The summed E-state index contributed by atoms with van der Waals surface area (Å²) < 4.78 is 46.2. The Hall–Kier alpha value is -0.720. The van der Waals surface area contributed by atoms with Gasteiger partial charge in [-0.15, -0.1) is 3.89 Å². The molecule has 1 unspecified atom stereocenters. The maximum Gasteiger partial charge on any atom is 0.359 e. The molecule has 0 aromatic carbocycles. The van der Waals surface area contributed by atoms with Crippen LogP contribution < -0.4 is 0 Å². The molecule has 0 aliphatic rings. The fraction of sp³-hybridized carbons (Fsp3) is 0.667. The highest BCUT2D eigenvalue weighted by Gasteiger charge is 2.33. The van der Waals surface area contributed by atoms with Crippen LogP contribution in [0.4, 0.5) is 8.28 Å². The molecule has 0 aliphatic carbocycles. The van der Waals surface area contributed by atoms with Gasteiger partial charge in [0.15, 0.2) is 0 Å². The summed E-state index contributed by atoms with van der Waals surface area (Å²) in [6, 6.07) is 0. The van der Waals surface area contributed by atoms with E-state index in [0.29, 0.717) is 0 Å². The van der Waals surface area contributed by atoms with Crippen LogP contribution in [0.15, 0.2) is 0 Å². The molecule has 0 amide bonds. The fourth-order valence-electron chi connectivity index (χ4n) is 0.208. The van der Waals surface area contributed by atoms with E-state index in [1.54, 1.807) is 0 Å². The average Bonchev–Trinajstić information content (AvgIpc) is 1.83. The number of methoxy groups -OCH3 is 1. The van der Waals surface area contributed by atoms with Crippen LogP contribution >= 0.6 is 0 Å². The molecule has 0 saturated heterocycles. The van der Waals surface area contributed by atoms with Crippen molar-refractivity contribution >= 4 is 16.2 Å². The molecule has 0 bridgehead atoms. The highest BCUT2D eigenvalue weighted by atomic mass is 32.3. The minimum absolute atomic E-state index is 0.750. The maximum absolute atomic E-state index is 11.9. The summed E-state index contributed by atoms with van der Waals surface area (Å²) in [6.07, 6.45) is 0. The molecule has 1 atom stereocenters. The minimum atomic E-state index is -5.46. The van der Waals surface area contributed by atoms with E-state index in [4.69, 9.17) is 0 Å². The SMILES string of the molecule is COC(=O)C(F)S(=O)(=O)F. The zero-order chi connectivity index (χ0) is 8.36. The van der Waals surface area contributed by atoms with Gasteiger partial charge in [0.2, 0.25) is 0 Å². The van der Waals surface area contributed by atoms with Gasteiger partial charge in [-0.05, 0) is 0 Å². The van der Waals surface area contributed by atoms with E-state index >= 15 is 0 Å². The van der Waals surface area contributed by atoms with Gasteiger partial charge in [-0.2, -0.15) is 8.42 Å². The summed E-state index contributed by atoms with van der Waals surface area (Å²) in [5, 5.41) is 0. The van der Waals surface area contributed by atoms with E-state index in [1.807, 2.05) is 0 Å². The smallest absolute Gasteiger partial charge is 0.359 e. The van der Waals surface area contributed by atoms with Crippen molar-refractivity contribution in [2.24, 2.45) is 0 Å². The fourth-order valence-corrected chi connectivity index (χ4v) is 0.534. The van der Waals surface area contributed by atoms with Gasteiger partial charge in [-0.25, -0.2) is 9.18 Å². The molecular weight excluding hydrogens is 170 g/mol. The predicted molar refractivity (Wildman–Crippen MR) is 26.9 cm³/mol. The Bertz CT molecular complexity index is 221. The number of halogens is 2. The first kappa shape index (κ1) is 9.28. The molecule has 7 heteroatoms. The molecular formula is C3H4F2O4S. The number of esters is 1. The number of hydrogen-bond acceptors (Lipinski definition) is 4. The third kappa shape index (κ3) is 2.26. The van der Waals surface area contributed by atoms with Crippen molar-refractivity contribution in [2.75, 3.05) is 7.11 Å². The van der Waals surface area contributed by atoms with Gasteiger partial charge in [-0.1, -0.05) is 0 Å². The lowest BCUT2D eigenvalue weighted by molar-refractivity contribution is -0.143. The number of alkyl halides is 1. The third-order valence-electron chi connectivity index (χ3n) is 0.634. The molecule has 10 heavy (non-hydrogen) atoms. The van der Waals surface area contributed by atoms with Crippen molar-refractivity contribution in [1.82, 2.24) is 0 Å². The van der Waals surface area contributed by atoms with Gasteiger partial charge in [0.25, 0.3) is 0 Å². The average molecular weight is 174 g/mol. The summed E-state index contributed by atoms with van der Waals surface area (Å²) in [5.41, 5.74) is -3.22. The maximum atomic E-state index is 11.9. The van der Waals surface area contributed by atoms with E-state index in [9.17, 15) is 21.5 Å². The molecule has 0 N–H and O–H groups in total. The number of ether oxygens (including phenoxy) is 1. The van der Waals surface area contributed by atoms with Crippen LogP contribution in [0.3, 0.4) is 0 Å². The Kier molecular flexibility index (Phi) is 2.70. The van der Waals surface area contributed by atoms with E-state index in [2.05, 4.69) is 4.74 Å². The first-order chi connectivity index (χ1) is 4.39. The Morgan fingerprint density at radius 3 is 2.10 bits per heavy atom. The monoisotopic (exact) mass is 174 g/mol. The highest BCUT2D eigenvalue weighted by Crippen LogP contribution is 2.06. The Morgan fingerprint density at radius 2 is 2.00 bits per heavy atom. The number of rotatable bonds is 2. The zero-order valence-electron chi connectivity index (χ0n) is 4.87. The van der Waals surface area contributed by atoms with Crippen molar-refractivity contribution in [3.05, 3.63) is 0 Å². The van der Waals surface area contributed by atoms with Gasteiger partial charge in [0, 0.05) is 0 Å². The van der Waals surface area contributed by atoms with Crippen molar-refractivity contribution in [3.63, 3.8) is 0 Å². The zero-order valence-corrected chi connectivity index (χ0v) is 5.69. The van der Waals surface area contributed by atoms with Crippen LogP contribution in [0.25, 0.3) is 0 Å². The van der Waals surface area contributed by atoms with Crippen molar-refractivity contribution in [1.29, 1.82) is 0 Å². The summed E-state index contributed by atoms with van der Waals surface area (Å²) in [5.74, 6) is -1.76. The van der Waals surface area contributed by atoms with E-state index in [-0.39, 0.29) is 0 Å². The first-order valence-corrected chi connectivity index (χ1v) is 3.49. The predicted octanol–water partition coefficient (Wildman–Crippen LogP) is -0.246. The lowest BCUT2D eigenvalue weighted by Gasteiger charge is -1.98. The number of hydrogen-bond donors (Lipinski definition) is 0. The van der Waals surface area contributed by atoms with Crippen molar-refractivity contribution in [2.45, 2.75) is 5.50 Å². The van der Waals surface area contributed by atoms with Crippen LogP contribution in [0.5, 0.6) is 0 Å². The Balaban J connectivity index is 4.39. The van der Waals surface area contributed by atoms with Gasteiger partial charge in [-0.3, -0.25) is 0 Å². The van der Waals surface area contributed by atoms with Crippen LogP contribution in [0.2, 0.25) is 0 Å². The third-order valence-corrected chi connectivity index (χ3v) is 1.32. The van der Waals surface area contributed by atoms with Crippen LogP contribution in [0.1, 0.15) is 0 Å². The summed E-state index contributed by atoms with van der Waals surface area (Å²) in [7, 11) is -4.71. The standard InChI is InChI=1S/C3H4F2O4S/c1-9-3(6)2(4)10(5,7)8/h2H,1H3. The molecule has 0 heterocycles. The molecule has 60 valence electrons. The highest BCUT2D eigenvalue weighted by molar-refractivity contribution is 7.87. The number of carbonyl (C=O) groups is 1. The molecule has 0 aromatic heterocycles. The van der Waals surface area contributed by atoms with Gasteiger partial charge in [0.1, 0.15) is 0 Å².